The Kier molecular flexibility index (Phi) is 5.57. The number of alkyl carbamates (subject to hydrolysis) is 1. The van der Waals surface area contributed by atoms with Crippen LogP contribution in [0.4, 0.5) is 9.18 Å². The molecule has 0 aliphatic carbocycles. The third-order valence-corrected chi connectivity index (χ3v) is 4.29. The van der Waals surface area contributed by atoms with Crippen LogP contribution in [0, 0.1) is 5.82 Å². The SMILES string of the molecule is C[C@H](NC(=O)OC(C)(C)C)c1nc2c(F)ccc(Cl)c2c(=O)n1-c1cccnc1. The standard InChI is InChI=1S/C20H20ClFN4O3/c1-11(24-19(28)29-20(2,3)4)17-25-16-14(22)8-7-13(21)15(16)18(27)26(17)12-6-5-9-23-10-12/h5-11H,1-4H3,(H,24,28)/t11-/m0/s1. The minimum Gasteiger partial charge on any atom is -0.444 e. The Labute approximate surface area is 171 Å². The number of pyridine rings is 1. The molecule has 0 fully saturated rings. The maximum atomic E-state index is 14.4. The monoisotopic (exact) mass is 418 g/mol. The van der Waals surface area contributed by atoms with Crippen LogP contribution >= 0.6 is 11.6 Å². The molecule has 2 aromatic heterocycles. The average molecular weight is 419 g/mol. The topological polar surface area (TPSA) is 86.1 Å². The molecule has 1 atom stereocenters. The Balaban J connectivity index is 2.21. The van der Waals surface area contributed by atoms with Gasteiger partial charge >= 0.3 is 6.09 Å². The van der Waals surface area contributed by atoms with Crippen molar-refractivity contribution in [1.29, 1.82) is 0 Å². The lowest BCUT2D eigenvalue weighted by Crippen LogP contribution is -2.37. The van der Waals surface area contributed by atoms with E-state index in [0.717, 1.165) is 6.07 Å². The lowest BCUT2D eigenvalue weighted by molar-refractivity contribution is 0.0505. The van der Waals surface area contributed by atoms with E-state index in [9.17, 15) is 14.0 Å². The Bertz CT molecular complexity index is 1130. The van der Waals surface area contributed by atoms with Crippen LogP contribution in [-0.2, 0) is 4.74 Å². The van der Waals surface area contributed by atoms with Gasteiger partial charge in [-0.2, -0.15) is 0 Å². The van der Waals surface area contributed by atoms with Gasteiger partial charge in [0.15, 0.2) is 0 Å². The molecule has 0 aliphatic rings. The summed E-state index contributed by atoms with van der Waals surface area (Å²) in [5.74, 6) is -0.576. The van der Waals surface area contributed by atoms with Gasteiger partial charge in [0.1, 0.15) is 22.8 Å². The smallest absolute Gasteiger partial charge is 0.408 e. The maximum Gasteiger partial charge on any atom is 0.408 e. The van der Waals surface area contributed by atoms with Crippen molar-refractivity contribution in [2.75, 3.05) is 0 Å². The number of halogens is 2. The van der Waals surface area contributed by atoms with Crippen LogP contribution in [0.25, 0.3) is 16.6 Å². The van der Waals surface area contributed by atoms with Crippen molar-refractivity contribution in [2.24, 2.45) is 0 Å². The molecule has 0 saturated heterocycles. The molecule has 152 valence electrons. The van der Waals surface area contributed by atoms with Crippen molar-refractivity contribution >= 4 is 28.6 Å². The first-order valence-electron chi connectivity index (χ1n) is 8.89. The van der Waals surface area contributed by atoms with Gasteiger partial charge in [0.25, 0.3) is 5.56 Å². The van der Waals surface area contributed by atoms with Gasteiger partial charge in [-0.3, -0.25) is 14.3 Å². The first-order chi connectivity index (χ1) is 13.6. The number of fused-ring (bicyclic) bond motifs is 1. The molecule has 3 rings (SSSR count). The first kappa shape index (κ1) is 20.7. The molecule has 0 saturated carbocycles. The van der Waals surface area contributed by atoms with Crippen molar-refractivity contribution in [3.63, 3.8) is 0 Å². The minimum atomic E-state index is -0.777. The molecule has 0 unspecified atom stereocenters. The fourth-order valence-electron chi connectivity index (χ4n) is 2.81. The maximum absolute atomic E-state index is 14.4. The highest BCUT2D eigenvalue weighted by atomic mass is 35.5. The lowest BCUT2D eigenvalue weighted by atomic mass is 10.2. The quantitative estimate of drug-likeness (QED) is 0.690. The molecule has 1 amide bonds. The molecular formula is C20H20ClFN4O3. The molecule has 1 aromatic carbocycles. The third kappa shape index (κ3) is 4.37. The number of rotatable bonds is 3. The highest BCUT2D eigenvalue weighted by Gasteiger charge is 2.24. The molecule has 1 N–H and O–H groups in total. The highest BCUT2D eigenvalue weighted by molar-refractivity contribution is 6.35. The summed E-state index contributed by atoms with van der Waals surface area (Å²) in [6, 6.07) is 4.97. The molecule has 3 aromatic rings. The molecule has 7 nitrogen and oxygen atoms in total. The van der Waals surface area contributed by atoms with Gasteiger partial charge in [-0.15, -0.1) is 0 Å². The van der Waals surface area contributed by atoms with Crippen molar-refractivity contribution in [1.82, 2.24) is 19.9 Å². The third-order valence-electron chi connectivity index (χ3n) is 3.97. The summed E-state index contributed by atoms with van der Waals surface area (Å²) in [5, 5.41) is 2.66. The van der Waals surface area contributed by atoms with Crippen LogP contribution in [0.1, 0.15) is 39.6 Å². The van der Waals surface area contributed by atoms with Crippen LogP contribution < -0.4 is 10.9 Å². The Hall–Kier alpha value is -3.00. The molecule has 0 radical (unpaired) electrons. The number of ether oxygens (including phenoxy) is 1. The van der Waals surface area contributed by atoms with Crippen LogP contribution in [-0.4, -0.2) is 26.2 Å². The number of hydrogen-bond donors (Lipinski definition) is 1. The molecule has 0 bridgehead atoms. The summed E-state index contributed by atoms with van der Waals surface area (Å²) in [4.78, 5) is 33.8. The number of nitrogens with zero attached hydrogens (tertiary/aromatic N) is 3. The zero-order valence-corrected chi connectivity index (χ0v) is 17.1. The van der Waals surface area contributed by atoms with Crippen LogP contribution in [0.15, 0.2) is 41.5 Å². The molecular weight excluding hydrogens is 399 g/mol. The highest BCUT2D eigenvalue weighted by Crippen LogP contribution is 2.25. The van der Waals surface area contributed by atoms with E-state index in [1.54, 1.807) is 46.0 Å². The summed E-state index contributed by atoms with van der Waals surface area (Å²) in [7, 11) is 0. The van der Waals surface area contributed by atoms with E-state index in [1.807, 2.05) is 0 Å². The van der Waals surface area contributed by atoms with E-state index in [1.165, 1.54) is 16.8 Å². The van der Waals surface area contributed by atoms with Crippen molar-refractivity contribution in [3.05, 3.63) is 63.7 Å². The lowest BCUT2D eigenvalue weighted by Gasteiger charge is -2.23. The van der Waals surface area contributed by atoms with E-state index in [4.69, 9.17) is 16.3 Å². The second-order valence-corrected chi connectivity index (χ2v) is 7.85. The predicted molar refractivity (Wildman–Crippen MR) is 108 cm³/mol. The van der Waals surface area contributed by atoms with Crippen LogP contribution in [0.3, 0.4) is 0 Å². The summed E-state index contributed by atoms with van der Waals surface area (Å²) in [6.45, 7) is 6.81. The summed E-state index contributed by atoms with van der Waals surface area (Å²) < 4.78 is 20.9. The number of carbonyl (C=O) groups is 1. The molecule has 0 spiro atoms. The molecule has 0 aliphatic heterocycles. The second kappa shape index (κ2) is 7.79. The zero-order chi connectivity index (χ0) is 21.3. The number of aromatic nitrogens is 3. The Morgan fingerprint density at radius 1 is 1.31 bits per heavy atom. The fraction of sp³-hybridized carbons (Fsp3) is 0.300. The van der Waals surface area contributed by atoms with E-state index in [2.05, 4.69) is 15.3 Å². The van der Waals surface area contributed by atoms with Gasteiger partial charge < -0.3 is 10.1 Å². The number of nitrogens with one attached hydrogen (secondary N) is 1. The van der Waals surface area contributed by atoms with Crippen LogP contribution in [0.2, 0.25) is 5.02 Å². The van der Waals surface area contributed by atoms with E-state index in [0.29, 0.717) is 5.69 Å². The number of carbonyl (C=O) groups excluding carboxylic acids is 1. The van der Waals surface area contributed by atoms with Crippen LogP contribution in [0.5, 0.6) is 0 Å². The van der Waals surface area contributed by atoms with E-state index < -0.39 is 29.1 Å². The number of benzene rings is 1. The first-order valence-corrected chi connectivity index (χ1v) is 9.27. The van der Waals surface area contributed by atoms with Gasteiger partial charge in [0, 0.05) is 6.20 Å². The van der Waals surface area contributed by atoms with Gasteiger partial charge in [0.05, 0.1) is 28.3 Å². The molecule has 29 heavy (non-hydrogen) atoms. The number of amides is 1. The average Bonchev–Trinajstić information content (AvgIpc) is 2.63. The zero-order valence-electron chi connectivity index (χ0n) is 16.4. The van der Waals surface area contributed by atoms with E-state index >= 15 is 0 Å². The van der Waals surface area contributed by atoms with Gasteiger partial charge in [-0.05, 0) is 52.0 Å². The second-order valence-electron chi connectivity index (χ2n) is 7.44. The van der Waals surface area contributed by atoms with E-state index in [-0.39, 0.29) is 21.7 Å². The Morgan fingerprint density at radius 2 is 2.03 bits per heavy atom. The summed E-state index contributed by atoms with van der Waals surface area (Å²) in [5.41, 5.74) is -1.04. The summed E-state index contributed by atoms with van der Waals surface area (Å²) >= 11 is 6.16. The van der Waals surface area contributed by atoms with Gasteiger partial charge in [-0.25, -0.2) is 14.2 Å². The molecule has 2 heterocycles. The predicted octanol–water partition coefficient (Wildman–Crippen LogP) is 4.16. The van der Waals surface area contributed by atoms with Crippen molar-refractivity contribution < 1.29 is 13.9 Å². The van der Waals surface area contributed by atoms with Crippen molar-refractivity contribution in [2.45, 2.75) is 39.3 Å². The Morgan fingerprint density at radius 3 is 2.66 bits per heavy atom. The minimum absolute atomic E-state index is 0.0521. The molecule has 9 heteroatoms. The number of hydrogen-bond acceptors (Lipinski definition) is 5. The fourth-order valence-corrected chi connectivity index (χ4v) is 3.04. The van der Waals surface area contributed by atoms with Crippen molar-refractivity contribution in [3.8, 4) is 5.69 Å². The largest absolute Gasteiger partial charge is 0.444 e. The van der Waals surface area contributed by atoms with Gasteiger partial charge in [0.2, 0.25) is 0 Å². The summed E-state index contributed by atoms with van der Waals surface area (Å²) in [6.07, 6.45) is 2.33. The van der Waals surface area contributed by atoms with Gasteiger partial charge in [-0.1, -0.05) is 11.6 Å². The normalized spacial score (nSPS) is 12.6.